The third kappa shape index (κ3) is 3.76. The molecule has 0 fully saturated rings. The molecule has 0 spiro atoms. The molecule has 0 saturated carbocycles. The van der Waals surface area contributed by atoms with E-state index in [9.17, 15) is 4.79 Å². The van der Waals surface area contributed by atoms with Crippen LogP contribution >= 0.6 is 11.6 Å². The van der Waals surface area contributed by atoms with E-state index in [0.717, 1.165) is 5.69 Å². The van der Waals surface area contributed by atoms with Crippen LogP contribution in [0.15, 0.2) is 30.5 Å². The van der Waals surface area contributed by atoms with E-state index in [1.54, 1.807) is 31.5 Å². The fourth-order valence-electron chi connectivity index (χ4n) is 2.82. The standard InChI is InChI=1S/C20H23ClN4O2/c1-11(2)17-9-14(15-10-22-25(12(3)4)19(15)23-17)20(26)24-18-8-13(27-5)6-7-16(18)21/h6-12H,1-5H3,(H,24,26). The molecule has 27 heavy (non-hydrogen) atoms. The Bertz CT molecular complexity index is 995. The summed E-state index contributed by atoms with van der Waals surface area (Å²) in [4.78, 5) is 17.8. The van der Waals surface area contributed by atoms with Crippen LogP contribution in [0.1, 0.15) is 55.7 Å². The van der Waals surface area contributed by atoms with Crippen LogP contribution in [-0.2, 0) is 0 Å². The average molecular weight is 387 g/mol. The summed E-state index contributed by atoms with van der Waals surface area (Å²) >= 11 is 6.23. The summed E-state index contributed by atoms with van der Waals surface area (Å²) in [6.45, 7) is 8.16. The molecule has 0 radical (unpaired) electrons. The highest BCUT2D eigenvalue weighted by Crippen LogP contribution is 2.29. The number of carbonyl (C=O) groups excluding carboxylic acids is 1. The zero-order valence-corrected chi connectivity index (χ0v) is 16.8. The van der Waals surface area contributed by atoms with E-state index in [1.165, 1.54) is 0 Å². The summed E-state index contributed by atoms with van der Waals surface area (Å²) in [6.07, 6.45) is 1.69. The SMILES string of the molecule is COc1ccc(Cl)c(NC(=O)c2cc(C(C)C)nc3c2cnn3C(C)C)c1. The highest BCUT2D eigenvalue weighted by atomic mass is 35.5. The summed E-state index contributed by atoms with van der Waals surface area (Å²) in [7, 11) is 1.57. The molecule has 7 heteroatoms. The van der Waals surface area contributed by atoms with Gasteiger partial charge in [-0.2, -0.15) is 5.10 Å². The number of halogens is 1. The fourth-order valence-corrected chi connectivity index (χ4v) is 2.98. The minimum absolute atomic E-state index is 0.140. The number of aromatic nitrogens is 3. The second kappa shape index (κ2) is 7.56. The number of rotatable bonds is 5. The number of ether oxygens (including phenoxy) is 1. The number of anilines is 1. The van der Waals surface area contributed by atoms with Crippen molar-refractivity contribution in [3.63, 3.8) is 0 Å². The minimum Gasteiger partial charge on any atom is -0.497 e. The topological polar surface area (TPSA) is 69.0 Å². The van der Waals surface area contributed by atoms with Crippen molar-refractivity contribution in [2.75, 3.05) is 12.4 Å². The number of fused-ring (bicyclic) bond motifs is 1. The average Bonchev–Trinajstić information content (AvgIpc) is 3.06. The predicted molar refractivity (Wildman–Crippen MR) is 108 cm³/mol. The van der Waals surface area contributed by atoms with Crippen LogP contribution in [0.25, 0.3) is 11.0 Å². The molecule has 0 saturated heterocycles. The van der Waals surface area contributed by atoms with Gasteiger partial charge in [-0.05, 0) is 38.0 Å². The first kappa shape index (κ1) is 19.2. The lowest BCUT2D eigenvalue weighted by molar-refractivity contribution is 0.102. The lowest BCUT2D eigenvalue weighted by Gasteiger charge is -2.13. The predicted octanol–water partition coefficient (Wildman–Crippen LogP) is 5.05. The van der Waals surface area contributed by atoms with E-state index in [-0.39, 0.29) is 17.9 Å². The molecule has 0 bridgehead atoms. The number of hydrogen-bond donors (Lipinski definition) is 1. The number of carbonyl (C=O) groups is 1. The number of amides is 1. The van der Waals surface area contributed by atoms with Crippen LogP contribution in [0.4, 0.5) is 5.69 Å². The van der Waals surface area contributed by atoms with Crippen LogP contribution < -0.4 is 10.1 Å². The van der Waals surface area contributed by atoms with Crippen molar-refractivity contribution in [2.45, 2.75) is 39.7 Å². The van der Waals surface area contributed by atoms with E-state index in [1.807, 2.05) is 38.4 Å². The van der Waals surface area contributed by atoms with Gasteiger partial charge in [0.1, 0.15) is 5.75 Å². The number of methoxy groups -OCH3 is 1. The first-order chi connectivity index (χ1) is 12.8. The fraction of sp³-hybridized carbons (Fsp3) is 0.350. The molecule has 6 nitrogen and oxygen atoms in total. The lowest BCUT2D eigenvalue weighted by atomic mass is 10.0. The molecule has 3 rings (SSSR count). The van der Waals surface area contributed by atoms with Gasteiger partial charge in [0.05, 0.1) is 35.0 Å². The number of hydrogen-bond acceptors (Lipinski definition) is 4. The maximum Gasteiger partial charge on any atom is 0.256 e. The second-order valence-corrected chi connectivity index (χ2v) is 7.38. The molecule has 1 amide bonds. The Balaban J connectivity index is 2.08. The Kier molecular flexibility index (Phi) is 5.37. The highest BCUT2D eigenvalue weighted by Gasteiger charge is 2.19. The summed E-state index contributed by atoms with van der Waals surface area (Å²) in [5.41, 5.74) is 2.56. The molecule has 2 aromatic heterocycles. The van der Waals surface area contributed by atoms with Crippen molar-refractivity contribution in [3.05, 3.63) is 46.7 Å². The van der Waals surface area contributed by atoms with Crippen molar-refractivity contribution < 1.29 is 9.53 Å². The van der Waals surface area contributed by atoms with Gasteiger partial charge in [0.15, 0.2) is 5.65 Å². The Morgan fingerprint density at radius 1 is 1.22 bits per heavy atom. The van der Waals surface area contributed by atoms with Gasteiger partial charge in [-0.3, -0.25) is 4.79 Å². The maximum atomic E-state index is 13.1. The first-order valence-corrected chi connectivity index (χ1v) is 9.22. The van der Waals surface area contributed by atoms with Gasteiger partial charge in [-0.25, -0.2) is 9.67 Å². The molecular weight excluding hydrogens is 364 g/mol. The third-order valence-electron chi connectivity index (χ3n) is 4.33. The summed E-state index contributed by atoms with van der Waals surface area (Å²) in [5, 5.41) is 8.45. The van der Waals surface area contributed by atoms with Crippen molar-refractivity contribution in [3.8, 4) is 5.75 Å². The van der Waals surface area contributed by atoms with Crippen molar-refractivity contribution in [1.29, 1.82) is 0 Å². The van der Waals surface area contributed by atoms with Gasteiger partial charge < -0.3 is 10.1 Å². The van der Waals surface area contributed by atoms with Crippen LogP contribution in [-0.4, -0.2) is 27.8 Å². The Morgan fingerprint density at radius 2 is 1.96 bits per heavy atom. The lowest BCUT2D eigenvalue weighted by Crippen LogP contribution is -2.14. The molecule has 142 valence electrons. The van der Waals surface area contributed by atoms with Crippen molar-refractivity contribution >= 4 is 34.2 Å². The van der Waals surface area contributed by atoms with Crippen molar-refractivity contribution in [1.82, 2.24) is 14.8 Å². The van der Waals surface area contributed by atoms with Gasteiger partial charge in [0.25, 0.3) is 5.91 Å². The zero-order chi connectivity index (χ0) is 19.7. The molecule has 0 aliphatic rings. The van der Waals surface area contributed by atoms with Gasteiger partial charge >= 0.3 is 0 Å². The Hall–Kier alpha value is -2.60. The number of nitrogens with zero attached hydrogens (tertiary/aromatic N) is 3. The molecule has 2 heterocycles. The third-order valence-corrected chi connectivity index (χ3v) is 4.66. The van der Waals surface area contributed by atoms with Gasteiger partial charge in [0.2, 0.25) is 0 Å². The van der Waals surface area contributed by atoms with E-state index in [4.69, 9.17) is 21.3 Å². The van der Waals surface area contributed by atoms with Crippen LogP contribution in [0.3, 0.4) is 0 Å². The van der Waals surface area contributed by atoms with Crippen LogP contribution in [0.5, 0.6) is 5.75 Å². The monoisotopic (exact) mass is 386 g/mol. The molecule has 1 aromatic carbocycles. The second-order valence-electron chi connectivity index (χ2n) is 6.97. The molecule has 0 aliphatic carbocycles. The Morgan fingerprint density at radius 3 is 2.59 bits per heavy atom. The molecule has 0 unspecified atom stereocenters. The summed E-state index contributed by atoms with van der Waals surface area (Å²) < 4.78 is 7.04. The number of pyridine rings is 1. The van der Waals surface area contributed by atoms with Crippen molar-refractivity contribution in [2.24, 2.45) is 0 Å². The van der Waals surface area contributed by atoms with E-state index in [0.29, 0.717) is 33.1 Å². The van der Waals surface area contributed by atoms with E-state index >= 15 is 0 Å². The number of nitrogens with one attached hydrogen (secondary N) is 1. The number of benzene rings is 1. The first-order valence-electron chi connectivity index (χ1n) is 8.84. The smallest absolute Gasteiger partial charge is 0.256 e. The van der Waals surface area contributed by atoms with Gasteiger partial charge in [0, 0.05) is 17.8 Å². The zero-order valence-electron chi connectivity index (χ0n) is 16.1. The molecule has 0 aliphatic heterocycles. The largest absolute Gasteiger partial charge is 0.497 e. The van der Waals surface area contributed by atoms with Gasteiger partial charge in [-0.15, -0.1) is 0 Å². The van der Waals surface area contributed by atoms with E-state index in [2.05, 4.69) is 10.4 Å². The highest BCUT2D eigenvalue weighted by molar-refractivity contribution is 6.34. The van der Waals surface area contributed by atoms with E-state index < -0.39 is 0 Å². The maximum absolute atomic E-state index is 13.1. The van der Waals surface area contributed by atoms with Crippen LogP contribution in [0, 0.1) is 0 Å². The molecule has 0 atom stereocenters. The van der Waals surface area contributed by atoms with Gasteiger partial charge in [-0.1, -0.05) is 25.4 Å². The quantitative estimate of drug-likeness (QED) is 0.666. The summed E-state index contributed by atoms with van der Waals surface area (Å²) in [5.74, 6) is 0.532. The molecular formula is C20H23ClN4O2. The minimum atomic E-state index is -0.261. The molecule has 1 N–H and O–H groups in total. The van der Waals surface area contributed by atoms with Crippen LogP contribution in [0.2, 0.25) is 5.02 Å². The normalized spacial score (nSPS) is 11.4. The Labute approximate surface area is 163 Å². The summed E-state index contributed by atoms with van der Waals surface area (Å²) in [6, 6.07) is 7.09. The molecule has 3 aromatic rings.